The quantitative estimate of drug-likeness (QED) is 0.922. The number of carbonyl (C=O) groups is 1. The Morgan fingerprint density at radius 1 is 0.960 bits per heavy atom. The van der Waals surface area contributed by atoms with Gasteiger partial charge in [0.2, 0.25) is 0 Å². The third-order valence-corrected chi connectivity index (χ3v) is 5.53. The molecule has 2 aliphatic rings. The highest BCUT2D eigenvalue weighted by molar-refractivity contribution is 5.94. The number of ether oxygens (including phenoxy) is 1. The standard InChI is InChI=1S/C21H24N2O2/c1-23-17-9-10-18(23)14-16(13-17)22-21(24)15-7-11-20(12-8-15)25-19-5-3-2-4-6-19/h2-8,11-12,16-18H,9-10,13-14H2,1H3,(H,22,24). The molecule has 2 aliphatic heterocycles. The summed E-state index contributed by atoms with van der Waals surface area (Å²) in [6.07, 6.45) is 4.65. The smallest absolute Gasteiger partial charge is 0.251 e. The van der Waals surface area contributed by atoms with E-state index in [1.54, 1.807) is 0 Å². The van der Waals surface area contributed by atoms with Crippen molar-refractivity contribution in [3.05, 3.63) is 60.2 Å². The molecule has 2 fully saturated rings. The molecule has 2 aromatic rings. The second-order valence-corrected chi connectivity index (χ2v) is 7.13. The van der Waals surface area contributed by atoms with E-state index < -0.39 is 0 Å². The molecule has 0 saturated carbocycles. The molecule has 0 spiro atoms. The monoisotopic (exact) mass is 336 g/mol. The Morgan fingerprint density at radius 3 is 2.20 bits per heavy atom. The molecule has 0 aromatic heterocycles. The summed E-state index contributed by atoms with van der Waals surface area (Å²) in [6.45, 7) is 0. The fourth-order valence-corrected chi connectivity index (χ4v) is 4.10. The first-order valence-electron chi connectivity index (χ1n) is 9.05. The van der Waals surface area contributed by atoms with Crippen molar-refractivity contribution in [2.75, 3.05) is 7.05 Å². The van der Waals surface area contributed by atoms with E-state index in [4.69, 9.17) is 4.74 Å². The second-order valence-electron chi connectivity index (χ2n) is 7.13. The van der Waals surface area contributed by atoms with Gasteiger partial charge in [-0.15, -0.1) is 0 Å². The maximum Gasteiger partial charge on any atom is 0.251 e. The van der Waals surface area contributed by atoms with Crippen molar-refractivity contribution in [3.8, 4) is 11.5 Å². The molecule has 2 heterocycles. The molecular weight excluding hydrogens is 312 g/mol. The molecule has 0 radical (unpaired) electrons. The average molecular weight is 336 g/mol. The van der Waals surface area contributed by atoms with Gasteiger partial charge in [-0.2, -0.15) is 0 Å². The van der Waals surface area contributed by atoms with Crippen molar-refractivity contribution in [3.63, 3.8) is 0 Å². The van der Waals surface area contributed by atoms with Crippen LogP contribution in [0.1, 0.15) is 36.0 Å². The number of rotatable bonds is 4. The van der Waals surface area contributed by atoms with Crippen LogP contribution in [0, 0.1) is 0 Å². The molecule has 130 valence electrons. The lowest BCUT2D eigenvalue weighted by Gasteiger charge is -2.36. The number of hydrogen-bond donors (Lipinski definition) is 1. The third kappa shape index (κ3) is 3.54. The zero-order valence-corrected chi connectivity index (χ0v) is 14.5. The predicted octanol–water partition coefficient (Wildman–Crippen LogP) is 3.83. The van der Waals surface area contributed by atoms with E-state index in [9.17, 15) is 4.79 Å². The first-order chi connectivity index (χ1) is 12.2. The van der Waals surface area contributed by atoms with Crippen LogP contribution >= 0.6 is 0 Å². The summed E-state index contributed by atoms with van der Waals surface area (Å²) in [5.41, 5.74) is 0.687. The molecule has 25 heavy (non-hydrogen) atoms. The van der Waals surface area contributed by atoms with Crippen LogP contribution < -0.4 is 10.1 Å². The van der Waals surface area contributed by atoms with Crippen molar-refractivity contribution in [2.24, 2.45) is 0 Å². The Bertz CT molecular complexity index is 715. The van der Waals surface area contributed by atoms with Crippen LogP contribution in [0.5, 0.6) is 11.5 Å². The Balaban J connectivity index is 1.36. The minimum Gasteiger partial charge on any atom is -0.457 e. The van der Waals surface area contributed by atoms with E-state index in [0.29, 0.717) is 23.7 Å². The highest BCUT2D eigenvalue weighted by Gasteiger charge is 2.38. The van der Waals surface area contributed by atoms with Crippen molar-refractivity contribution < 1.29 is 9.53 Å². The fraction of sp³-hybridized carbons (Fsp3) is 0.381. The van der Waals surface area contributed by atoms with Gasteiger partial charge in [-0.05, 0) is 69.1 Å². The average Bonchev–Trinajstić information content (AvgIpc) is 2.84. The van der Waals surface area contributed by atoms with Gasteiger partial charge in [-0.25, -0.2) is 0 Å². The van der Waals surface area contributed by atoms with Crippen LogP contribution in [-0.2, 0) is 0 Å². The molecule has 0 aliphatic carbocycles. The van der Waals surface area contributed by atoms with Crippen LogP contribution in [0.25, 0.3) is 0 Å². The molecule has 2 atom stereocenters. The van der Waals surface area contributed by atoms with Gasteiger partial charge < -0.3 is 15.0 Å². The van der Waals surface area contributed by atoms with Gasteiger partial charge in [-0.3, -0.25) is 4.79 Å². The minimum atomic E-state index is 0.0141. The largest absolute Gasteiger partial charge is 0.457 e. The summed E-state index contributed by atoms with van der Waals surface area (Å²) in [5.74, 6) is 1.54. The van der Waals surface area contributed by atoms with Gasteiger partial charge in [0, 0.05) is 23.7 Å². The number of benzene rings is 2. The van der Waals surface area contributed by atoms with Crippen LogP contribution in [-0.4, -0.2) is 36.0 Å². The van der Waals surface area contributed by atoms with E-state index in [0.717, 1.165) is 24.3 Å². The SMILES string of the molecule is CN1C2CCC1CC(NC(=O)c1ccc(Oc3ccccc3)cc1)C2. The van der Waals surface area contributed by atoms with Crippen LogP contribution in [0.15, 0.2) is 54.6 Å². The summed E-state index contributed by atoms with van der Waals surface area (Å²) < 4.78 is 5.77. The number of nitrogens with one attached hydrogen (secondary N) is 1. The second kappa shape index (κ2) is 6.89. The van der Waals surface area contributed by atoms with Gasteiger partial charge in [0.1, 0.15) is 11.5 Å². The summed E-state index contributed by atoms with van der Waals surface area (Å²) in [7, 11) is 2.21. The topological polar surface area (TPSA) is 41.6 Å². The Labute approximate surface area is 148 Å². The van der Waals surface area contributed by atoms with Gasteiger partial charge in [0.25, 0.3) is 5.91 Å². The summed E-state index contributed by atoms with van der Waals surface area (Å²) in [6, 6.07) is 18.6. The van der Waals surface area contributed by atoms with E-state index in [1.807, 2.05) is 54.6 Å². The summed E-state index contributed by atoms with van der Waals surface area (Å²) in [5, 5.41) is 3.22. The third-order valence-electron chi connectivity index (χ3n) is 5.53. The molecule has 2 unspecified atom stereocenters. The Hall–Kier alpha value is -2.33. The van der Waals surface area contributed by atoms with Crippen LogP contribution in [0.3, 0.4) is 0 Å². The first kappa shape index (κ1) is 16.2. The molecule has 2 saturated heterocycles. The number of piperidine rings is 1. The maximum absolute atomic E-state index is 12.5. The molecule has 2 aromatic carbocycles. The number of carbonyl (C=O) groups excluding carboxylic acids is 1. The van der Waals surface area contributed by atoms with E-state index in [-0.39, 0.29) is 5.91 Å². The van der Waals surface area contributed by atoms with E-state index in [1.165, 1.54) is 12.8 Å². The van der Waals surface area contributed by atoms with Crippen molar-refractivity contribution >= 4 is 5.91 Å². The first-order valence-corrected chi connectivity index (χ1v) is 9.05. The van der Waals surface area contributed by atoms with Crippen molar-refractivity contribution in [1.29, 1.82) is 0 Å². The normalized spacial score (nSPS) is 25.6. The highest BCUT2D eigenvalue weighted by atomic mass is 16.5. The fourth-order valence-electron chi connectivity index (χ4n) is 4.10. The van der Waals surface area contributed by atoms with E-state index >= 15 is 0 Å². The number of para-hydroxylation sites is 1. The van der Waals surface area contributed by atoms with Crippen LogP contribution in [0.2, 0.25) is 0 Å². The molecule has 4 rings (SSSR count). The molecule has 2 bridgehead atoms. The Morgan fingerprint density at radius 2 is 1.56 bits per heavy atom. The predicted molar refractivity (Wildman–Crippen MR) is 98.0 cm³/mol. The number of fused-ring (bicyclic) bond motifs is 2. The lowest BCUT2D eigenvalue weighted by Crippen LogP contribution is -2.48. The molecule has 1 N–H and O–H groups in total. The molecule has 4 nitrogen and oxygen atoms in total. The number of hydrogen-bond acceptors (Lipinski definition) is 3. The van der Waals surface area contributed by atoms with Gasteiger partial charge >= 0.3 is 0 Å². The minimum absolute atomic E-state index is 0.0141. The number of nitrogens with zero attached hydrogens (tertiary/aromatic N) is 1. The molecule has 1 amide bonds. The lowest BCUT2D eigenvalue weighted by molar-refractivity contribution is 0.0882. The van der Waals surface area contributed by atoms with Crippen molar-refractivity contribution in [1.82, 2.24) is 10.2 Å². The molecule has 4 heteroatoms. The maximum atomic E-state index is 12.5. The zero-order chi connectivity index (χ0) is 17.2. The lowest BCUT2D eigenvalue weighted by atomic mass is 9.97. The van der Waals surface area contributed by atoms with Gasteiger partial charge in [-0.1, -0.05) is 18.2 Å². The molecular formula is C21H24N2O2. The van der Waals surface area contributed by atoms with E-state index in [2.05, 4.69) is 17.3 Å². The van der Waals surface area contributed by atoms with Crippen LogP contribution in [0.4, 0.5) is 0 Å². The van der Waals surface area contributed by atoms with Gasteiger partial charge in [0.15, 0.2) is 0 Å². The highest BCUT2D eigenvalue weighted by Crippen LogP contribution is 2.34. The van der Waals surface area contributed by atoms with Crippen molar-refractivity contribution in [2.45, 2.75) is 43.8 Å². The summed E-state index contributed by atoms with van der Waals surface area (Å²) >= 11 is 0. The van der Waals surface area contributed by atoms with Gasteiger partial charge in [0.05, 0.1) is 0 Å². The Kier molecular flexibility index (Phi) is 4.45. The number of amides is 1. The zero-order valence-electron chi connectivity index (χ0n) is 14.5. The summed E-state index contributed by atoms with van der Waals surface area (Å²) in [4.78, 5) is 15.0.